The number of carboxylic acids is 1. The van der Waals surface area contributed by atoms with Gasteiger partial charge in [-0.25, -0.2) is 4.79 Å². The molecule has 0 aliphatic carbocycles. The summed E-state index contributed by atoms with van der Waals surface area (Å²) >= 11 is 0. The largest absolute Gasteiger partial charge is 0.480 e. The number of rotatable bonds is 9. The number of methoxy groups -OCH3 is 1. The fraction of sp³-hybridized carbons (Fsp3) is 0.818. The van der Waals surface area contributed by atoms with Gasteiger partial charge < -0.3 is 20.9 Å². The van der Waals surface area contributed by atoms with Crippen molar-refractivity contribution in [2.45, 2.75) is 32.2 Å². The maximum atomic E-state index is 11.5. The Hall–Kier alpha value is -1.14. The van der Waals surface area contributed by atoms with Crippen molar-refractivity contribution in [3.05, 3.63) is 0 Å². The van der Waals surface area contributed by atoms with Gasteiger partial charge in [-0.15, -0.1) is 0 Å². The number of carbonyl (C=O) groups is 2. The van der Waals surface area contributed by atoms with Crippen LogP contribution in [-0.2, 0) is 14.3 Å². The highest BCUT2D eigenvalue weighted by atomic mass is 16.5. The van der Waals surface area contributed by atoms with E-state index in [0.29, 0.717) is 26.0 Å². The SMILES string of the molecule is COCCCC(NC(=O)CC(C)CN)C(=O)O. The minimum absolute atomic E-state index is 0.0587. The zero-order valence-corrected chi connectivity index (χ0v) is 10.4. The van der Waals surface area contributed by atoms with Gasteiger partial charge in [0.05, 0.1) is 0 Å². The van der Waals surface area contributed by atoms with Crippen molar-refractivity contribution in [3.8, 4) is 0 Å². The summed E-state index contributed by atoms with van der Waals surface area (Å²) in [5, 5.41) is 11.4. The average Bonchev–Trinajstić information content (AvgIpc) is 2.27. The molecule has 1 amide bonds. The summed E-state index contributed by atoms with van der Waals surface area (Å²) < 4.78 is 4.84. The number of aliphatic carboxylic acids is 1. The molecule has 100 valence electrons. The number of carbonyl (C=O) groups excluding carboxylic acids is 1. The van der Waals surface area contributed by atoms with Crippen LogP contribution in [0.5, 0.6) is 0 Å². The van der Waals surface area contributed by atoms with Crippen molar-refractivity contribution in [2.75, 3.05) is 20.3 Å². The summed E-state index contributed by atoms with van der Waals surface area (Å²) in [4.78, 5) is 22.4. The molecule has 0 aromatic rings. The van der Waals surface area contributed by atoms with E-state index >= 15 is 0 Å². The van der Waals surface area contributed by atoms with E-state index in [4.69, 9.17) is 15.6 Å². The monoisotopic (exact) mass is 246 g/mol. The molecule has 6 nitrogen and oxygen atoms in total. The molecule has 0 heterocycles. The number of ether oxygens (including phenoxy) is 1. The molecule has 0 saturated carbocycles. The van der Waals surface area contributed by atoms with Crippen LogP contribution in [0.1, 0.15) is 26.2 Å². The van der Waals surface area contributed by atoms with Crippen molar-refractivity contribution >= 4 is 11.9 Å². The zero-order valence-electron chi connectivity index (χ0n) is 10.4. The van der Waals surface area contributed by atoms with E-state index in [9.17, 15) is 9.59 Å². The Balaban J connectivity index is 4.06. The van der Waals surface area contributed by atoms with Crippen LogP contribution in [0.3, 0.4) is 0 Å². The minimum Gasteiger partial charge on any atom is -0.480 e. The zero-order chi connectivity index (χ0) is 13.3. The fourth-order valence-corrected chi connectivity index (χ4v) is 1.34. The summed E-state index contributed by atoms with van der Waals surface area (Å²) in [6.07, 6.45) is 1.22. The first kappa shape index (κ1) is 15.9. The van der Waals surface area contributed by atoms with Crippen LogP contribution in [0, 0.1) is 5.92 Å². The van der Waals surface area contributed by atoms with Crippen LogP contribution < -0.4 is 11.1 Å². The average molecular weight is 246 g/mol. The van der Waals surface area contributed by atoms with Gasteiger partial charge in [-0.1, -0.05) is 6.92 Å². The minimum atomic E-state index is -1.02. The summed E-state index contributed by atoms with van der Waals surface area (Å²) in [5.41, 5.74) is 5.40. The van der Waals surface area contributed by atoms with Crippen molar-refractivity contribution in [2.24, 2.45) is 11.7 Å². The molecule has 17 heavy (non-hydrogen) atoms. The van der Waals surface area contributed by atoms with E-state index in [1.807, 2.05) is 6.92 Å². The van der Waals surface area contributed by atoms with Gasteiger partial charge in [0.25, 0.3) is 0 Å². The molecule has 0 aliphatic rings. The first-order valence-corrected chi connectivity index (χ1v) is 5.72. The lowest BCUT2D eigenvalue weighted by Gasteiger charge is -2.15. The molecule has 2 unspecified atom stereocenters. The fourth-order valence-electron chi connectivity index (χ4n) is 1.34. The molecular weight excluding hydrogens is 224 g/mol. The first-order chi connectivity index (χ1) is 8.01. The highest BCUT2D eigenvalue weighted by Crippen LogP contribution is 2.02. The molecule has 0 saturated heterocycles. The van der Waals surface area contributed by atoms with Gasteiger partial charge in [0, 0.05) is 20.1 Å². The second-order valence-electron chi connectivity index (χ2n) is 4.14. The maximum absolute atomic E-state index is 11.5. The third-order valence-electron chi connectivity index (χ3n) is 2.41. The van der Waals surface area contributed by atoms with Gasteiger partial charge in [0.1, 0.15) is 6.04 Å². The summed E-state index contributed by atoms with van der Waals surface area (Å²) in [7, 11) is 1.55. The molecular formula is C11H22N2O4. The molecule has 0 bridgehead atoms. The molecule has 0 fully saturated rings. The van der Waals surface area contributed by atoms with Crippen LogP contribution in [0.25, 0.3) is 0 Å². The van der Waals surface area contributed by atoms with Crippen molar-refractivity contribution in [3.63, 3.8) is 0 Å². The Bertz CT molecular complexity index is 246. The summed E-state index contributed by atoms with van der Waals surface area (Å²) in [6.45, 7) is 2.74. The molecule has 0 aliphatic heterocycles. The van der Waals surface area contributed by atoms with Crippen LogP contribution in [0.15, 0.2) is 0 Å². The third kappa shape index (κ3) is 7.70. The topological polar surface area (TPSA) is 102 Å². The van der Waals surface area contributed by atoms with Gasteiger partial charge in [0.2, 0.25) is 5.91 Å². The second kappa shape index (κ2) is 8.95. The Morgan fingerprint density at radius 3 is 2.59 bits per heavy atom. The lowest BCUT2D eigenvalue weighted by Crippen LogP contribution is -2.41. The van der Waals surface area contributed by atoms with E-state index in [1.54, 1.807) is 7.11 Å². The predicted molar refractivity (Wildman–Crippen MR) is 63.5 cm³/mol. The number of carboxylic acid groups (broad SMARTS) is 1. The van der Waals surface area contributed by atoms with E-state index in [0.717, 1.165) is 0 Å². The Morgan fingerprint density at radius 2 is 2.12 bits per heavy atom. The number of nitrogens with one attached hydrogen (secondary N) is 1. The van der Waals surface area contributed by atoms with Crippen LogP contribution in [-0.4, -0.2) is 43.3 Å². The molecule has 0 radical (unpaired) electrons. The van der Waals surface area contributed by atoms with E-state index in [2.05, 4.69) is 5.32 Å². The lowest BCUT2D eigenvalue weighted by atomic mass is 10.1. The highest BCUT2D eigenvalue weighted by molar-refractivity contribution is 5.83. The number of amides is 1. The van der Waals surface area contributed by atoms with E-state index < -0.39 is 12.0 Å². The predicted octanol–water partition coefficient (Wildman–Crippen LogP) is -0.0327. The quantitative estimate of drug-likeness (QED) is 0.496. The smallest absolute Gasteiger partial charge is 0.326 e. The highest BCUT2D eigenvalue weighted by Gasteiger charge is 2.20. The van der Waals surface area contributed by atoms with Crippen molar-refractivity contribution < 1.29 is 19.4 Å². The Morgan fingerprint density at radius 1 is 1.47 bits per heavy atom. The van der Waals surface area contributed by atoms with Gasteiger partial charge in [0.15, 0.2) is 0 Å². The normalized spacial score (nSPS) is 14.1. The van der Waals surface area contributed by atoms with E-state index in [1.165, 1.54) is 0 Å². The number of hydrogen-bond donors (Lipinski definition) is 3. The number of hydrogen-bond acceptors (Lipinski definition) is 4. The summed E-state index contributed by atoms with van der Waals surface area (Å²) in [6, 6.07) is -0.845. The molecule has 0 aromatic heterocycles. The Labute approximate surface area is 102 Å². The molecule has 2 atom stereocenters. The molecule has 6 heteroatoms. The lowest BCUT2D eigenvalue weighted by molar-refractivity contribution is -0.142. The van der Waals surface area contributed by atoms with Crippen molar-refractivity contribution in [1.82, 2.24) is 5.32 Å². The van der Waals surface area contributed by atoms with Crippen LogP contribution in [0.2, 0.25) is 0 Å². The van der Waals surface area contributed by atoms with Gasteiger partial charge in [-0.3, -0.25) is 4.79 Å². The molecule has 4 N–H and O–H groups in total. The van der Waals surface area contributed by atoms with E-state index in [-0.39, 0.29) is 18.2 Å². The number of nitrogens with two attached hydrogens (primary N) is 1. The Kier molecular flexibility index (Phi) is 8.35. The van der Waals surface area contributed by atoms with Crippen LogP contribution in [0.4, 0.5) is 0 Å². The van der Waals surface area contributed by atoms with Gasteiger partial charge in [-0.05, 0) is 25.3 Å². The third-order valence-corrected chi connectivity index (χ3v) is 2.41. The van der Waals surface area contributed by atoms with Gasteiger partial charge >= 0.3 is 5.97 Å². The van der Waals surface area contributed by atoms with Crippen molar-refractivity contribution in [1.29, 1.82) is 0 Å². The summed E-state index contributed by atoms with van der Waals surface area (Å²) in [5.74, 6) is -1.23. The van der Waals surface area contributed by atoms with Crippen LogP contribution >= 0.6 is 0 Å². The second-order valence-corrected chi connectivity index (χ2v) is 4.14. The molecule has 0 spiro atoms. The standard InChI is InChI=1S/C11H22N2O4/c1-8(7-12)6-10(14)13-9(11(15)16)4-3-5-17-2/h8-9H,3-7,12H2,1-2H3,(H,13,14)(H,15,16). The van der Waals surface area contributed by atoms with Gasteiger partial charge in [-0.2, -0.15) is 0 Å². The molecule has 0 rings (SSSR count). The maximum Gasteiger partial charge on any atom is 0.326 e. The first-order valence-electron chi connectivity index (χ1n) is 5.72. The molecule has 0 aromatic carbocycles.